The van der Waals surface area contributed by atoms with Gasteiger partial charge in [-0.05, 0) is 198 Å². The van der Waals surface area contributed by atoms with E-state index in [1.807, 2.05) is 0 Å². The summed E-state index contributed by atoms with van der Waals surface area (Å²) in [6.45, 7) is 25.8. The Morgan fingerprint density at radius 1 is 0.378 bits per heavy atom. The molecular formula is C63H74Cl2N5OP2Ru-. The van der Waals surface area contributed by atoms with Gasteiger partial charge in [-0.15, -0.1) is 0 Å². The fourth-order valence-corrected chi connectivity index (χ4v) is 14.7. The van der Waals surface area contributed by atoms with Gasteiger partial charge in [0.05, 0.1) is 0 Å². The molecule has 390 valence electrons. The Morgan fingerprint density at radius 2 is 0.608 bits per heavy atom. The van der Waals surface area contributed by atoms with Crippen molar-refractivity contribution in [3.63, 3.8) is 0 Å². The average molecular weight is 1150 g/mol. The van der Waals surface area contributed by atoms with E-state index < -0.39 is 15.8 Å². The van der Waals surface area contributed by atoms with Crippen molar-refractivity contribution in [3.8, 4) is 11.1 Å². The molecule has 0 fully saturated rings. The fourth-order valence-electron chi connectivity index (χ4n) is 9.88. The number of hydrogen-bond acceptors (Lipinski definition) is 5. The summed E-state index contributed by atoms with van der Waals surface area (Å²) in [5, 5.41) is 13.3. The van der Waals surface area contributed by atoms with Crippen LogP contribution in [0.4, 0.5) is 22.7 Å². The number of amides is 1. The fraction of sp³-hybridized carbons (Fsp3) is 0.286. The SMILES string of the molecule is CCN(CC)c1ccc(P(c2ccc(N(CC)CC)cc2)c2ccc3ccccc3c2-c2c(P(c3ccc(N(CC)CC)cc3)c3ccc(N(CC)CC)cc3)ccc3ccccc23)cc1.CN(C)[C-]=O.[Cl][Ru][Cl]. The van der Waals surface area contributed by atoms with Crippen molar-refractivity contribution in [1.29, 1.82) is 0 Å². The second-order valence-corrected chi connectivity index (χ2v) is 24.8. The van der Waals surface area contributed by atoms with Gasteiger partial charge in [0.1, 0.15) is 0 Å². The molecule has 0 spiro atoms. The molecule has 0 bridgehead atoms. The summed E-state index contributed by atoms with van der Waals surface area (Å²) in [5.74, 6) is 0. The van der Waals surface area contributed by atoms with Crippen molar-refractivity contribution in [3.05, 3.63) is 170 Å². The summed E-state index contributed by atoms with van der Waals surface area (Å²) in [6, 6.07) is 66.1. The van der Waals surface area contributed by atoms with Gasteiger partial charge in [0.25, 0.3) is 0 Å². The predicted molar refractivity (Wildman–Crippen MR) is 330 cm³/mol. The van der Waals surface area contributed by atoms with E-state index in [1.165, 1.54) is 92.1 Å². The van der Waals surface area contributed by atoms with Gasteiger partial charge in [0.2, 0.25) is 0 Å². The van der Waals surface area contributed by atoms with Crippen LogP contribution in [0.25, 0.3) is 32.7 Å². The van der Waals surface area contributed by atoms with Gasteiger partial charge in [-0.3, -0.25) is 0 Å². The normalized spacial score (nSPS) is 11.0. The Labute approximate surface area is 461 Å². The molecule has 1 amide bonds. The Morgan fingerprint density at radius 3 is 0.824 bits per heavy atom. The predicted octanol–water partition coefficient (Wildman–Crippen LogP) is 13.6. The number of rotatable bonds is 20. The van der Waals surface area contributed by atoms with Gasteiger partial charge < -0.3 is 29.3 Å². The third-order valence-electron chi connectivity index (χ3n) is 13.7. The minimum absolute atomic E-state index is 0.346. The summed E-state index contributed by atoms with van der Waals surface area (Å²) in [5.41, 5.74) is 7.79. The van der Waals surface area contributed by atoms with Crippen molar-refractivity contribution in [2.24, 2.45) is 0 Å². The van der Waals surface area contributed by atoms with Gasteiger partial charge in [-0.25, -0.2) is 0 Å². The number of nitrogens with zero attached hydrogens (tertiary/aromatic N) is 5. The third-order valence-corrected chi connectivity index (χ3v) is 18.6. The van der Waals surface area contributed by atoms with E-state index in [9.17, 15) is 4.79 Å². The zero-order valence-electron chi connectivity index (χ0n) is 45.0. The molecule has 8 rings (SSSR count). The Bertz CT molecular complexity index is 2650. The van der Waals surface area contributed by atoms with Gasteiger partial charge in [-0.2, -0.15) is 6.41 Å². The van der Waals surface area contributed by atoms with Crippen LogP contribution in [0.1, 0.15) is 55.4 Å². The van der Waals surface area contributed by atoms with E-state index in [1.54, 1.807) is 20.5 Å². The molecule has 8 aromatic rings. The number of benzene rings is 8. The zero-order chi connectivity index (χ0) is 53.1. The molecule has 0 saturated heterocycles. The maximum absolute atomic E-state index is 9.31. The molecule has 0 aliphatic carbocycles. The van der Waals surface area contributed by atoms with Gasteiger partial charge in [0, 0.05) is 75.1 Å². The zero-order valence-corrected chi connectivity index (χ0v) is 50.0. The van der Waals surface area contributed by atoms with Crippen LogP contribution in [0.3, 0.4) is 0 Å². The summed E-state index contributed by atoms with van der Waals surface area (Å²) >= 11 is -0.346. The molecule has 0 radical (unpaired) electrons. The first kappa shape index (κ1) is 58.3. The number of halogens is 2. The monoisotopic (exact) mass is 1150 g/mol. The Hall–Kier alpha value is -4.99. The van der Waals surface area contributed by atoms with E-state index in [4.69, 9.17) is 19.4 Å². The molecule has 11 heteroatoms. The minimum atomic E-state index is -1.01. The first-order valence-electron chi connectivity index (χ1n) is 26.0. The molecule has 8 aromatic carbocycles. The molecule has 0 aliphatic rings. The van der Waals surface area contributed by atoms with E-state index in [0.717, 1.165) is 52.4 Å². The van der Waals surface area contributed by atoms with Crippen LogP contribution in [-0.4, -0.2) is 77.8 Å². The van der Waals surface area contributed by atoms with Crippen molar-refractivity contribution in [1.82, 2.24) is 4.90 Å². The molecule has 6 nitrogen and oxygen atoms in total. The topological polar surface area (TPSA) is 33.3 Å². The first-order chi connectivity index (χ1) is 36.1. The van der Waals surface area contributed by atoms with E-state index in [-0.39, 0.29) is 15.1 Å². The van der Waals surface area contributed by atoms with Crippen LogP contribution < -0.4 is 51.4 Å². The number of carbonyl (C=O) groups excluding carboxylic acids is 1. The quantitative estimate of drug-likeness (QED) is 0.0329. The summed E-state index contributed by atoms with van der Waals surface area (Å²) in [4.78, 5) is 20.4. The van der Waals surface area contributed by atoms with Crippen LogP contribution in [0.15, 0.2) is 170 Å². The molecule has 0 heterocycles. The summed E-state index contributed by atoms with van der Waals surface area (Å²) in [7, 11) is 10.9. The molecule has 0 N–H and O–H groups in total. The third kappa shape index (κ3) is 13.9. The van der Waals surface area contributed by atoms with Crippen LogP contribution in [0, 0.1) is 0 Å². The Balaban J connectivity index is 0.00000104. The van der Waals surface area contributed by atoms with Crippen LogP contribution in [0.2, 0.25) is 0 Å². The van der Waals surface area contributed by atoms with Crippen LogP contribution in [0.5, 0.6) is 0 Å². The number of hydrogen-bond donors (Lipinski definition) is 0. The standard InChI is InChI=1S/C60H68N4P2.C3H6NO.2ClH.Ru/c1-9-61(10-2)47-27-35-51(36-28-47)65(52-37-29-48(30-38-52)62(11-3)12-4)57-43-25-45-21-17-19-23-55(45)59(57)60-56-24-20-18-22-46(56)26-44-58(60)66(53-39-31-49(32-40-53)63(13-5)14-6)54-41-33-50(34-42-54)64(15-7)16-8;1-4(2)3-5;;;/h17-44H,9-16H2,1-8H3;1-2H3;2*1H;/q;-1;;;+2/p-2. The summed E-state index contributed by atoms with van der Waals surface area (Å²) in [6.07, 6.45) is 1.61. The van der Waals surface area contributed by atoms with Crippen LogP contribution >= 0.6 is 35.2 Å². The second kappa shape index (κ2) is 29.3. The molecule has 0 atom stereocenters. The van der Waals surface area contributed by atoms with E-state index >= 15 is 0 Å². The van der Waals surface area contributed by atoms with E-state index in [0.29, 0.717) is 0 Å². The molecule has 0 aliphatic heterocycles. The van der Waals surface area contributed by atoms with Crippen molar-refractivity contribution in [2.45, 2.75) is 55.4 Å². The van der Waals surface area contributed by atoms with Gasteiger partial charge >= 0.3 is 34.5 Å². The van der Waals surface area contributed by atoms with Gasteiger partial charge in [0.15, 0.2) is 0 Å². The van der Waals surface area contributed by atoms with Crippen molar-refractivity contribution in [2.75, 3.05) is 86.1 Å². The summed E-state index contributed by atoms with van der Waals surface area (Å²) < 4.78 is 0. The molecule has 0 unspecified atom stereocenters. The number of fused-ring (bicyclic) bond motifs is 2. The molecule has 0 aromatic heterocycles. The van der Waals surface area contributed by atoms with Crippen molar-refractivity contribution < 1.29 is 19.9 Å². The molecule has 0 saturated carbocycles. The number of anilines is 4. The van der Waals surface area contributed by atoms with Crippen LogP contribution in [-0.2, 0) is 19.9 Å². The average Bonchev–Trinajstić information content (AvgIpc) is 3.45. The van der Waals surface area contributed by atoms with E-state index in [2.05, 4.69) is 245 Å². The van der Waals surface area contributed by atoms with Gasteiger partial charge in [-0.1, -0.05) is 121 Å². The maximum atomic E-state index is 9.31. The Kier molecular flexibility index (Phi) is 23.1. The molecular weight excluding hydrogens is 1080 g/mol. The first-order valence-corrected chi connectivity index (χ1v) is 33.2. The molecule has 74 heavy (non-hydrogen) atoms. The van der Waals surface area contributed by atoms with Crippen molar-refractivity contribution >= 4 is 118 Å². The second-order valence-electron chi connectivity index (χ2n) is 17.8.